The Hall–Kier alpha value is -1.20. The van der Waals surface area contributed by atoms with Crippen molar-refractivity contribution in [2.45, 2.75) is 38.0 Å². The van der Waals surface area contributed by atoms with Crippen LogP contribution in [0.5, 0.6) is 0 Å². The van der Waals surface area contributed by atoms with Crippen molar-refractivity contribution in [2.75, 3.05) is 0 Å². The number of hydrogen-bond acceptors (Lipinski definition) is 2. The average molecular weight is 231 g/mol. The minimum absolute atomic E-state index is 0.0469. The van der Waals surface area contributed by atoms with Crippen LogP contribution in [0.3, 0.4) is 0 Å². The first-order chi connectivity index (χ1) is 7.46. The molecular formula is C10H15F2N3O. The molecule has 1 saturated carbocycles. The summed E-state index contributed by atoms with van der Waals surface area (Å²) in [5.74, 6) is -1.68. The average Bonchev–Trinajstić information content (AvgIpc) is 2.50. The summed E-state index contributed by atoms with van der Waals surface area (Å²) >= 11 is 0. The summed E-state index contributed by atoms with van der Waals surface area (Å²) in [5, 5.41) is 4.00. The summed E-state index contributed by atoms with van der Waals surface area (Å²) in [5.41, 5.74) is -0.254. The molecule has 0 amide bonds. The molecule has 90 valence electrons. The van der Waals surface area contributed by atoms with Gasteiger partial charge in [0.1, 0.15) is 5.82 Å². The summed E-state index contributed by atoms with van der Waals surface area (Å²) in [6, 6.07) is 0. The molecule has 1 aromatic rings. The van der Waals surface area contributed by atoms with Gasteiger partial charge in [-0.1, -0.05) is 0 Å². The summed E-state index contributed by atoms with van der Waals surface area (Å²) in [6.45, 7) is 0. The second-order valence-electron chi connectivity index (χ2n) is 4.50. The summed E-state index contributed by atoms with van der Waals surface area (Å²) in [7, 11) is 1.57. The smallest absolute Gasteiger partial charge is 0.293 e. The molecule has 0 aliphatic heterocycles. The largest absolute Gasteiger partial charge is 0.342 e. The maximum Gasteiger partial charge on any atom is 0.342 e. The Bertz CT molecular complexity index is 414. The lowest BCUT2D eigenvalue weighted by molar-refractivity contribution is -0.0458. The Labute approximate surface area is 91.7 Å². The van der Waals surface area contributed by atoms with Crippen molar-refractivity contribution in [3.8, 4) is 0 Å². The van der Waals surface area contributed by atoms with Crippen molar-refractivity contribution >= 4 is 0 Å². The molecule has 0 aromatic carbocycles. The Morgan fingerprint density at radius 3 is 2.62 bits per heavy atom. The molecule has 0 saturated heterocycles. The number of nitrogens with zero attached hydrogens (tertiary/aromatic N) is 2. The maximum atomic E-state index is 12.9. The van der Waals surface area contributed by atoms with E-state index in [1.54, 1.807) is 7.05 Å². The van der Waals surface area contributed by atoms with Crippen LogP contribution in [0, 0.1) is 5.92 Å². The fraction of sp³-hybridized carbons (Fsp3) is 0.800. The highest BCUT2D eigenvalue weighted by Crippen LogP contribution is 2.36. The number of aryl methyl sites for hydroxylation is 1. The second kappa shape index (κ2) is 3.99. The highest BCUT2D eigenvalue weighted by molar-refractivity contribution is 4.88. The van der Waals surface area contributed by atoms with E-state index in [0.717, 1.165) is 0 Å². The quantitative estimate of drug-likeness (QED) is 0.838. The summed E-state index contributed by atoms with van der Waals surface area (Å²) in [4.78, 5) is 13.7. The van der Waals surface area contributed by atoms with Gasteiger partial charge in [0.2, 0.25) is 5.92 Å². The van der Waals surface area contributed by atoms with Gasteiger partial charge in [0.05, 0.1) is 0 Å². The molecule has 0 radical (unpaired) electrons. The van der Waals surface area contributed by atoms with Crippen molar-refractivity contribution < 1.29 is 8.78 Å². The predicted octanol–water partition coefficient (Wildman–Crippen LogP) is 1.48. The third-order valence-electron chi connectivity index (χ3n) is 3.13. The molecule has 2 rings (SSSR count). The van der Waals surface area contributed by atoms with Crippen molar-refractivity contribution in [3.05, 3.63) is 16.3 Å². The number of aromatic amines is 1. The molecule has 1 aliphatic rings. The Balaban J connectivity index is 1.94. The third kappa shape index (κ3) is 2.48. The number of nitrogens with one attached hydrogen (secondary N) is 1. The topological polar surface area (TPSA) is 50.7 Å². The van der Waals surface area contributed by atoms with Crippen molar-refractivity contribution in [1.82, 2.24) is 14.8 Å². The molecule has 4 nitrogen and oxygen atoms in total. The molecule has 6 heteroatoms. The van der Waals surface area contributed by atoms with Gasteiger partial charge in [-0.2, -0.15) is 5.10 Å². The molecule has 1 fully saturated rings. The zero-order valence-electron chi connectivity index (χ0n) is 9.17. The highest BCUT2D eigenvalue weighted by Gasteiger charge is 2.35. The van der Waals surface area contributed by atoms with Crippen LogP contribution in [0.4, 0.5) is 8.78 Å². The molecule has 0 unspecified atom stereocenters. The van der Waals surface area contributed by atoms with E-state index in [4.69, 9.17) is 0 Å². The molecule has 0 spiro atoms. The lowest BCUT2D eigenvalue weighted by Crippen LogP contribution is -2.25. The number of rotatable bonds is 2. The maximum absolute atomic E-state index is 12.9. The van der Waals surface area contributed by atoms with Gasteiger partial charge in [0, 0.05) is 26.3 Å². The standard InChI is InChI=1S/C10H15F2N3O/c1-15-9(16)13-8(14-15)6-7-2-4-10(11,12)5-3-7/h7H,2-6H2,1H3,(H,13,14,16). The fourth-order valence-corrected chi connectivity index (χ4v) is 2.13. The predicted molar refractivity (Wildman–Crippen MR) is 54.4 cm³/mol. The normalized spacial score (nSPS) is 21.2. The molecule has 1 aromatic heterocycles. The van der Waals surface area contributed by atoms with Crippen LogP contribution in [-0.2, 0) is 13.5 Å². The number of alkyl halides is 2. The van der Waals surface area contributed by atoms with Gasteiger partial charge in [-0.15, -0.1) is 0 Å². The first-order valence-electron chi connectivity index (χ1n) is 5.46. The molecular weight excluding hydrogens is 216 g/mol. The Morgan fingerprint density at radius 1 is 1.50 bits per heavy atom. The van der Waals surface area contributed by atoms with Gasteiger partial charge < -0.3 is 0 Å². The van der Waals surface area contributed by atoms with Crippen LogP contribution in [0.25, 0.3) is 0 Å². The second-order valence-corrected chi connectivity index (χ2v) is 4.50. The minimum atomic E-state index is -2.49. The molecule has 0 bridgehead atoms. The molecule has 0 atom stereocenters. The minimum Gasteiger partial charge on any atom is -0.293 e. The SMILES string of the molecule is Cn1nc(CC2CCC(F)(F)CC2)[nH]c1=O. The molecule has 1 aliphatic carbocycles. The summed E-state index contributed by atoms with van der Waals surface area (Å²) in [6.07, 6.45) is 1.51. The van der Waals surface area contributed by atoms with E-state index in [-0.39, 0.29) is 24.4 Å². The van der Waals surface area contributed by atoms with Crippen molar-refractivity contribution in [1.29, 1.82) is 0 Å². The van der Waals surface area contributed by atoms with E-state index < -0.39 is 5.92 Å². The van der Waals surface area contributed by atoms with Crippen LogP contribution >= 0.6 is 0 Å². The molecule has 16 heavy (non-hydrogen) atoms. The lowest BCUT2D eigenvalue weighted by Gasteiger charge is -2.27. The van der Waals surface area contributed by atoms with Gasteiger partial charge in [0.25, 0.3) is 0 Å². The summed E-state index contributed by atoms with van der Waals surface area (Å²) < 4.78 is 27.0. The van der Waals surface area contributed by atoms with E-state index in [1.807, 2.05) is 0 Å². The molecule has 1 heterocycles. The monoisotopic (exact) mass is 231 g/mol. The van der Waals surface area contributed by atoms with Gasteiger partial charge in [-0.25, -0.2) is 18.3 Å². The Morgan fingerprint density at radius 2 is 2.12 bits per heavy atom. The van der Waals surface area contributed by atoms with Crippen LogP contribution in [0.2, 0.25) is 0 Å². The van der Waals surface area contributed by atoms with E-state index in [1.165, 1.54) is 4.68 Å². The van der Waals surface area contributed by atoms with Gasteiger partial charge in [-0.3, -0.25) is 4.98 Å². The molecule has 1 N–H and O–H groups in total. The van der Waals surface area contributed by atoms with Crippen molar-refractivity contribution in [2.24, 2.45) is 13.0 Å². The number of H-pyrrole nitrogens is 1. The van der Waals surface area contributed by atoms with E-state index in [0.29, 0.717) is 25.1 Å². The fourth-order valence-electron chi connectivity index (χ4n) is 2.13. The lowest BCUT2D eigenvalue weighted by atomic mass is 9.85. The zero-order chi connectivity index (χ0) is 11.8. The number of halogens is 2. The number of hydrogen-bond donors (Lipinski definition) is 1. The Kier molecular flexibility index (Phi) is 2.82. The van der Waals surface area contributed by atoms with E-state index >= 15 is 0 Å². The van der Waals surface area contributed by atoms with E-state index in [9.17, 15) is 13.6 Å². The van der Waals surface area contributed by atoms with Crippen LogP contribution in [-0.4, -0.2) is 20.7 Å². The van der Waals surface area contributed by atoms with E-state index in [2.05, 4.69) is 10.1 Å². The number of aromatic nitrogens is 3. The van der Waals surface area contributed by atoms with Crippen LogP contribution in [0.1, 0.15) is 31.5 Å². The third-order valence-corrected chi connectivity index (χ3v) is 3.13. The first kappa shape index (κ1) is 11.3. The zero-order valence-corrected chi connectivity index (χ0v) is 9.17. The van der Waals surface area contributed by atoms with Crippen molar-refractivity contribution in [3.63, 3.8) is 0 Å². The van der Waals surface area contributed by atoms with Crippen LogP contribution < -0.4 is 5.69 Å². The van der Waals surface area contributed by atoms with Crippen LogP contribution in [0.15, 0.2) is 4.79 Å². The van der Waals surface area contributed by atoms with Gasteiger partial charge in [0.15, 0.2) is 0 Å². The highest BCUT2D eigenvalue weighted by atomic mass is 19.3. The van der Waals surface area contributed by atoms with Gasteiger partial charge in [-0.05, 0) is 18.8 Å². The first-order valence-corrected chi connectivity index (χ1v) is 5.46. The van der Waals surface area contributed by atoms with Gasteiger partial charge >= 0.3 is 5.69 Å².